The zero-order valence-electron chi connectivity index (χ0n) is 19.6. The van der Waals surface area contributed by atoms with Crippen LogP contribution in [0.1, 0.15) is 10.4 Å². The highest BCUT2D eigenvalue weighted by molar-refractivity contribution is 6.06. The topological polar surface area (TPSA) is 137 Å². The first kappa shape index (κ1) is 23.1. The third kappa shape index (κ3) is 4.64. The van der Waals surface area contributed by atoms with Crippen molar-refractivity contribution in [2.45, 2.75) is 0 Å². The van der Waals surface area contributed by atoms with Crippen LogP contribution in [0.15, 0.2) is 66.7 Å². The predicted octanol–water partition coefficient (Wildman–Crippen LogP) is 1.37. The largest absolute Gasteiger partial charge is 0.739 e. The molecule has 5 rings (SSSR count). The minimum Gasteiger partial charge on any atom is -0.739 e. The Labute approximate surface area is 206 Å². The number of carbonyl (C=O) groups excluding carboxylic acids is 1. The Morgan fingerprint density at radius 1 is 0.861 bits per heavy atom. The minimum absolute atomic E-state index is 0.0602. The van der Waals surface area contributed by atoms with Gasteiger partial charge in [0, 0.05) is 30.5 Å². The van der Waals surface area contributed by atoms with E-state index in [9.17, 15) is 15.2 Å². The van der Waals surface area contributed by atoms with Crippen LogP contribution in [0.25, 0.3) is 33.1 Å². The van der Waals surface area contributed by atoms with E-state index in [1.54, 1.807) is 36.4 Å². The molecule has 1 amide bonds. The second-order valence-corrected chi connectivity index (χ2v) is 8.35. The first-order chi connectivity index (χ1) is 17.5. The Kier molecular flexibility index (Phi) is 6.37. The summed E-state index contributed by atoms with van der Waals surface area (Å²) in [7, 11) is 1.90. The molecule has 0 bridgehead atoms. The molecule has 0 atom stereocenters. The first-order valence-corrected chi connectivity index (χ1v) is 11.5. The lowest BCUT2D eigenvalue weighted by Crippen LogP contribution is -2.45. The lowest BCUT2D eigenvalue weighted by molar-refractivity contribution is -0.672. The van der Waals surface area contributed by atoms with Gasteiger partial charge >= 0.3 is 5.95 Å². The van der Waals surface area contributed by atoms with Crippen molar-refractivity contribution in [1.29, 1.82) is 0 Å². The molecule has 0 unspecified atom stereocenters. The van der Waals surface area contributed by atoms with Crippen LogP contribution in [0.4, 0.5) is 5.95 Å². The van der Waals surface area contributed by atoms with Crippen molar-refractivity contribution in [2.75, 3.05) is 38.5 Å². The molecule has 2 heterocycles. The average Bonchev–Trinajstić information content (AvgIpc) is 2.89. The molecule has 0 aliphatic carbocycles. The monoisotopic (exact) mass is 484 g/mol. The van der Waals surface area contributed by atoms with Crippen LogP contribution >= 0.6 is 0 Å². The second-order valence-electron chi connectivity index (χ2n) is 8.35. The number of nitrogens with zero attached hydrogens (tertiary/aromatic N) is 6. The van der Waals surface area contributed by atoms with Gasteiger partial charge in [-0.25, -0.2) is 14.7 Å². The maximum Gasteiger partial charge on any atom is 0.461 e. The van der Waals surface area contributed by atoms with Crippen molar-refractivity contribution in [3.05, 3.63) is 82.7 Å². The normalized spacial score (nSPS) is 11.4. The second kappa shape index (κ2) is 9.92. The summed E-state index contributed by atoms with van der Waals surface area (Å²) in [6.45, 7) is 1.96. The Balaban J connectivity index is 1.16. The van der Waals surface area contributed by atoms with Gasteiger partial charge in [-0.15, -0.1) is 0 Å². The molecule has 0 aliphatic rings. The summed E-state index contributed by atoms with van der Waals surface area (Å²) < 4.78 is 0.611. The molecule has 11 nitrogen and oxygen atoms in total. The first-order valence-electron chi connectivity index (χ1n) is 11.5. The van der Waals surface area contributed by atoms with Crippen molar-refractivity contribution in [3.63, 3.8) is 0 Å². The summed E-state index contributed by atoms with van der Waals surface area (Å²) in [6.07, 6.45) is 0. The molecule has 36 heavy (non-hydrogen) atoms. The van der Waals surface area contributed by atoms with Crippen LogP contribution in [-0.4, -0.2) is 59.1 Å². The van der Waals surface area contributed by atoms with Crippen molar-refractivity contribution in [2.24, 2.45) is 0 Å². The van der Waals surface area contributed by atoms with Gasteiger partial charge in [-0.3, -0.25) is 10.1 Å². The average molecular weight is 485 g/mol. The van der Waals surface area contributed by atoms with E-state index in [-0.39, 0.29) is 22.9 Å². The van der Waals surface area contributed by atoms with Gasteiger partial charge in [-0.1, -0.05) is 30.3 Å². The number of carbonyl (C=O) groups is 1. The van der Waals surface area contributed by atoms with E-state index < -0.39 is 0 Å². The quantitative estimate of drug-likeness (QED) is 0.191. The molecule has 3 aromatic carbocycles. The smallest absolute Gasteiger partial charge is 0.461 e. The maximum atomic E-state index is 12.9. The van der Waals surface area contributed by atoms with E-state index in [2.05, 4.69) is 25.7 Å². The molecule has 0 saturated carbocycles. The standard InChI is InChI=1S/C25H24N8O3/c1-31(16-14-27-25-30-33(36)22-12-5-4-11-21(22)32(25)35)15-13-26-24(34)17-7-6-10-20-23(17)29-19-9-3-2-8-18(19)28-20/h2-12H,13-16H2,1H3,(H,26,34)(H,27,30). The van der Waals surface area contributed by atoms with Crippen molar-refractivity contribution in [1.82, 2.24) is 25.3 Å². The Bertz CT molecular complexity index is 1580. The summed E-state index contributed by atoms with van der Waals surface area (Å²) in [4.78, 5) is 24.5. The summed E-state index contributed by atoms with van der Waals surface area (Å²) in [5, 5.41) is 34.2. The molecule has 0 aliphatic heterocycles. The van der Waals surface area contributed by atoms with Gasteiger partial charge in [0.2, 0.25) is 5.10 Å². The third-order valence-electron chi connectivity index (χ3n) is 5.85. The Hall–Kier alpha value is -4.64. The number of nitrogens with one attached hydrogen (secondary N) is 2. The fraction of sp³-hybridized carbons (Fsp3) is 0.200. The molecule has 2 N–H and O–H groups in total. The Morgan fingerprint density at radius 2 is 1.53 bits per heavy atom. The van der Waals surface area contributed by atoms with E-state index in [4.69, 9.17) is 0 Å². The fourth-order valence-electron chi connectivity index (χ4n) is 3.95. The predicted molar refractivity (Wildman–Crippen MR) is 135 cm³/mol. The number of rotatable bonds is 8. The van der Waals surface area contributed by atoms with Gasteiger partial charge in [-0.2, -0.15) is 0 Å². The molecular formula is C25H24N8O3. The van der Waals surface area contributed by atoms with Crippen LogP contribution in [0, 0.1) is 10.4 Å². The highest BCUT2D eigenvalue weighted by Gasteiger charge is 2.19. The molecule has 0 saturated heterocycles. The zero-order valence-corrected chi connectivity index (χ0v) is 19.6. The molecule has 182 valence electrons. The van der Waals surface area contributed by atoms with Crippen LogP contribution in [0.5, 0.6) is 0 Å². The summed E-state index contributed by atoms with van der Waals surface area (Å²) in [5.74, 6) is -0.278. The van der Waals surface area contributed by atoms with Crippen molar-refractivity contribution in [3.8, 4) is 0 Å². The third-order valence-corrected chi connectivity index (χ3v) is 5.85. The number of hydrogen-bond donors (Lipinski definition) is 2. The maximum absolute atomic E-state index is 12.9. The van der Waals surface area contributed by atoms with Gasteiger partial charge in [0.1, 0.15) is 5.52 Å². The number of aromatic nitrogens is 5. The van der Waals surface area contributed by atoms with Gasteiger partial charge in [0.25, 0.3) is 11.4 Å². The molecule has 0 fully saturated rings. The van der Waals surface area contributed by atoms with Gasteiger partial charge in [0.05, 0.1) is 28.7 Å². The molecule has 0 radical (unpaired) electrons. The van der Waals surface area contributed by atoms with E-state index in [0.29, 0.717) is 52.4 Å². The highest BCUT2D eigenvalue weighted by atomic mass is 16.5. The molecule has 0 spiro atoms. The van der Waals surface area contributed by atoms with Gasteiger partial charge in [-0.05, 0) is 37.4 Å². The van der Waals surface area contributed by atoms with Crippen molar-refractivity contribution < 1.29 is 14.4 Å². The van der Waals surface area contributed by atoms with Crippen LogP contribution in [0.2, 0.25) is 0 Å². The Morgan fingerprint density at radius 3 is 2.33 bits per heavy atom. The van der Waals surface area contributed by atoms with E-state index in [1.165, 1.54) is 0 Å². The number of hydrogen-bond acceptors (Lipinski definition) is 8. The lowest BCUT2D eigenvalue weighted by Gasteiger charge is -2.17. The molecule has 2 aromatic heterocycles. The summed E-state index contributed by atoms with van der Waals surface area (Å²) in [6, 6.07) is 19.4. The summed E-state index contributed by atoms with van der Waals surface area (Å²) >= 11 is 0. The van der Waals surface area contributed by atoms with Gasteiger partial charge < -0.3 is 20.6 Å². The SMILES string of the molecule is CN(CCNC(=O)c1cccc2nc3ccccc3nc12)CCNc1n[n+]([O-])c2ccccc2[n+]1[O-]. The molecule has 11 heteroatoms. The van der Waals surface area contributed by atoms with Crippen LogP contribution in [0.3, 0.4) is 0 Å². The number of amides is 1. The fourth-order valence-corrected chi connectivity index (χ4v) is 3.95. The summed E-state index contributed by atoms with van der Waals surface area (Å²) in [5.41, 5.74) is 3.67. The number of para-hydroxylation sites is 5. The number of anilines is 1. The lowest BCUT2D eigenvalue weighted by atomic mass is 10.1. The molecule has 5 aromatic rings. The van der Waals surface area contributed by atoms with Crippen LogP contribution in [-0.2, 0) is 0 Å². The van der Waals surface area contributed by atoms with E-state index in [1.807, 2.05) is 42.3 Å². The highest BCUT2D eigenvalue weighted by Crippen LogP contribution is 2.19. The number of benzene rings is 3. The van der Waals surface area contributed by atoms with E-state index >= 15 is 0 Å². The number of likely N-dealkylation sites (N-methyl/N-ethyl adjacent to an activating group) is 1. The van der Waals surface area contributed by atoms with Crippen LogP contribution < -0.4 is 20.2 Å². The van der Waals surface area contributed by atoms with Crippen molar-refractivity contribution >= 4 is 45.0 Å². The van der Waals surface area contributed by atoms with E-state index in [0.717, 1.165) is 11.0 Å². The minimum atomic E-state index is -0.218. The number of fused-ring (bicyclic) bond motifs is 3. The zero-order chi connectivity index (χ0) is 25.1. The molecular weight excluding hydrogens is 460 g/mol. The van der Waals surface area contributed by atoms with Gasteiger partial charge in [0.15, 0.2) is 5.52 Å².